The first-order valence-corrected chi connectivity index (χ1v) is 4.85. The fourth-order valence-corrected chi connectivity index (χ4v) is 1.58. The number of hydrogen-bond donors (Lipinski definition) is 1. The Hall–Kier alpha value is -1.88. The van der Waals surface area contributed by atoms with Gasteiger partial charge in [-0.1, -0.05) is 24.3 Å². The summed E-state index contributed by atoms with van der Waals surface area (Å²) >= 11 is 0. The second-order valence-corrected chi connectivity index (χ2v) is 4.00. The van der Waals surface area contributed by atoms with Crippen LogP contribution in [0, 0.1) is 6.92 Å². The SMILES string of the molecule is Cc1ccccc1C(C)(C)OC(=O)C(=O)[O-].[NH4+]. The number of benzene rings is 1. The number of rotatable bonds is 2. The van der Waals surface area contributed by atoms with E-state index in [4.69, 9.17) is 4.74 Å². The summed E-state index contributed by atoms with van der Waals surface area (Å²) in [5.41, 5.74) is 0.714. The smallest absolute Gasteiger partial charge is 0.354 e. The van der Waals surface area contributed by atoms with Crippen molar-refractivity contribution in [2.75, 3.05) is 0 Å². The molecule has 0 saturated carbocycles. The third kappa shape index (κ3) is 3.57. The van der Waals surface area contributed by atoms with Crippen molar-refractivity contribution in [1.82, 2.24) is 6.15 Å². The Labute approximate surface area is 100.0 Å². The summed E-state index contributed by atoms with van der Waals surface area (Å²) in [5.74, 6) is -3.19. The summed E-state index contributed by atoms with van der Waals surface area (Å²) in [6.07, 6.45) is 0. The highest BCUT2D eigenvalue weighted by Crippen LogP contribution is 2.27. The molecule has 5 nitrogen and oxygen atoms in total. The molecule has 0 aromatic heterocycles. The standard InChI is InChI=1S/C12H14O4.H3N/c1-8-6-4-5-7-9(8)12(2,3)16-11(15)10(13)14;/h4-7H,1-3H3,(H,13,14);1H3. The maximum absolute atomic E-state index is 11.0. The number of esters is 1. The van der Waals surface area contributed by atoms with Crippen LogP contribution in [0.2, 0.25) is 0 Å². The molecule has 0 spiro atoms. The maximum atomic E-state index is 11.0. The monoisotopic (exact) mass is 239 g/mol. The van der Waals surface area contributed by atoms with Gasteiger partial charge >= 0.3 is 5.97 Å². The zero-order chi connectivity index (χ0) is 12.3. The fraction of sp³-hybridized carbons (Fsp3) is 0.333. The van der Waals surface area contributed by atoms with Gasteiger partial charge < -0.3 is 20.8 Å². The van der Waals surface area contributed by atoms with Gasteiger partial charge in [-0.05, 0) is 31.9 Å². The lowest BCUT2D eigenvalue weighted by atomic mass is 9.94. The van der Waals surface area contributed by atoms with E-state index in [2.05, 4.69) is 0 Å². The average Bonchev–Trinajstić information content (AvgIpc) is 2.17. The van der Waals surface area contributed by atoms with Gasteiger partial charge in [0.2, 0.25) is 0 Å². The number of aliphatic carboxylic acids is 1. The molecule has 1 aromatic rings. The number of aryl methyl sites for hydroxylation is 1. The van der Waals surface area contributed by atoms with E-state index >= 15 is 0 Å². The number of carbonyl (C=O) groups excluding carboxylic acids is 2. The second kappa shape index (κ2) is 5.45. The molecule has 0 atom stereocenters. The zero-order valence-electron chi connectivity index (χ0n) is 10.4. The van der Waals surface area contributed by atoms with Gasteiger partial charge in [-0.3, -0.25) is 0 Å². The van der Waals surface area contributed by atoms with Crippen LogP contribution in [0.4, 0.5) is 0 Å². The molecule has 0 radical (unpaired) electrons. The van der Waals surface area contributed by atoms with Crippen molar-refractivity contribution in [2.24, 2.45) is 0 Å². The first kappa shape index (κ1) is 15.1. The average molecular weight is 239 g/mol. The molecule has 17 heavy (non-hydrogen) atoms. The van der Waals surface area contributed by atoms with Crippen molar-refractivity contribution in [2.45, 2.75) is 26.4 Å². The van der Waals surface area contributed by atoms with Crippen LogP contribution in [0.5, 0.6) is 0 Å². The second-order valence-electron chi connectivity index (χ2n) is 4.00. The lowest BCUT2D eigenvalue weighted by Crippen LogP contribution is -2.38. The topological polar surface area (TPSA) is 103 Å². The normalized spacial score (nSPS) is 10.3. The van der Waals surface area contributed by atoms with E-state index in [9.17, 15) is 14.7 Å². The zero-order valence-corrected chi connectivity index (χ0v) is 10.4. The fourth-order valence-electron chi connectivity index (χ4n) is 1.58. The minimum atomic E-state index is -1.83. The van der Waals surface area contributed by atoms with Gasteiger partial charge in [0, 0.05) is 0 Å². The Bertz CT molecular complexity index is 426. The van der Waals surface area contributed by atoms with Crippen molar-refractivity contribution in [1.29, 1.82) is 0 Å². The number of carbonyl (C=O) groups is 2. The van der Waals surface area contributed by atoms with Crippen molar-refractivity contribution >= 4 is 11.9 Å². The van der Waals surface area contributed by atoms with Crippen LogP contribution in [0.15, 0.2) is 24.3 Å². The number of carboxylic acids is 1. The van der Waals surface area contributed by atoms with Crippen molar-refractivity contribution < 1.29 is 19.4 Å². The Balaban J connectivity index is 0.00000256. The van der Waals surface area contributed by atoms with E-state index < -0.39 is 17.5 Å². The Morgan fingerprint density at radius 1 is 1.24 bits per heavy atom. The van der Waals surface area contributed by atoms with Crippen LogP contribution in [-0.4, -0.2) is 11.9 Å². The molecule has 0 bridgehead atoms. The molecule has 0 unspecified atom stereocenters. The van der Waals surface area contributed by atoms with Crippen LogP contribution in [0.1, 0.15) is 25.0 Å². The highest BCUT2D eigenvalue weighted by Gasteiger charge is 2.26. The summed E-state index contributed by atoms with van der Waals surface area (Å²) in [7, 11) is 0. The minimum Gasteiger partial charge on any atom is -0.539 e. The van der Waals surface area contributed by atoms with Crippen LogP contribution in [-0.2, 0) is 19.9 Å². The van der Waals surface area contributed by atoms with E-state index in [1.54, 1.807) is 26.0 Å². The molecular formula is C12H17NO4. The van der Waals surface area contributed by atoms with Crippen LogP contribution >= 0.6 is 0 Å². The Kier molecular flexibility index (Phi) is 4.85. The van der Waals surface area contributed by atoms with E-state index in [0.29, 0.717) is 0 Å². The minimum absolute atomic E-state index is 0. The molecule has 4 N–H and O–H groups in total. The lowest BCUT2D eigenvalue weighted by Gasteiger charge is -2.27. The molecule has 1 rings (SSSR count). The highest BCUT2D eigenvalue weighted by atomic mass is 16.6. The summed E-state index contributed by atoms with van der Waals surface area (Å²) in [5, 5.41) is 10.3. The molecule has 5 heteroatoms. The van der Waals surface area contributed by atoms with Crippen LogP contribution in [0.3, 0.4) is 0 Å². The number of carboxylic acid groups (broad SMARTS) is 1. The number of ether oxygens (including phenoxy) is 1. The predicted octanol–water partition coefficient (Wildman–Crippen LogP) is 0.899. The quantitative estimate of drug-likeness (QED) is 0.611. The van der Waals surface area contributed by atoms with Crippen molar-refractivity contribution in [3.05, 3.63) is 35.4 Å². The molecule has 0 saturated heterocycles. The molecular weight excluding hydrogens is 222 g/mol. The summed E-state index contributed by atoms with van der Waals surface area (Å²) in [6.45, 7) is 5.14. The number of quaternary nitrogens is 1. The van der Waals surface area contributed by atoms with Gasteiger partial charge in [0.15, 0.2) is 5.97 Å². The van der Waals surface area contributed by atoms with E-state index in [1.807, 2.05) is 19.1 Å². The summed E-state index contributed by atoms with van der Waals surface area (Å²) in [4.78, 5) is 21.3. The van der Waals surface area contributed by atoms with E-state index in [-0.39, 0.29) is 6.15 Å². The Morgan fingerprint density at radius 2 is 1.76 bits per heavy atom. The first-order chi connectivity index (χ1) is 7.34. The Morgan fingerprint density at radius 3 is 2.24 bits per heavy atom. The largest absolute Gasteiger partial charge is 0.539 e. The molecule has 0 aliphatic heterocycles. The van der Waals surface area contributed by atoms with Gasteiger partial charge in [0.25, 0.3) is 0 Å². The highest BCUT2D eigenvalue weighted by molar-refractivity contribution is 6.27. The third-order valence-corrected chi connectivity index (χ3v) is 2.31. The van der Waals surface area contributed by atoms with Crippen LogP contribution in [0.25, 0.3) is 0 Å². The summed E-state index contributed by atoms with van der Waals surface area (Å²) < 4.78 is 4.87. The van der Waals surface area contributed by atoms with Crippen molar-refractivity contribution in [3.8, 4) is 0 Å². The van der Waals surface area contributed by atoms with Gasteiger partial charge in [-0.15, -0.1) is 0 Å². The van der Waals surface area contributed by atoms with Gasteiger partial charge in [-0.25, -0.2) is 4.79 Å². The molecule has 0 aliphatic carbocycles. The van der Waals surface area contributed by atoms with E-state index in [1.165, 1.54) is 0 Å². The van der Waals surface area contributed by atoms with Crippen molar-refractivity contribution in [3.63, 3.8) is 0 Å². The summed E-state index contributed by atoms with van der Waals surface area (Å²) in [6, 6.07) is 7.31. The molecule has 1 aromatic carbocycles. The molecule has 0 aliphatic rings. The lowest BCUT2D eigenvalue weighted by molar-refractivity contribution is -0.305. The van der Waals surface area contributed by atoms with Gasteiger partial charge in [0.05, 0.1) is 0 Å². The first-order valence-electron chi connectivity index (χ1n) is 4.85. The molecule has 0 amide bonds. The van der Waals surface area contributed by atoms with Crippen LogP contribution < -0.4 is 11.3 Å². The number of hydrogen-bond acceptors (Lipinski definition) is 4. The van der Waals surface area contributed by atoms with Gasteiger partial charge in [-0.2, -0.15) is 0 Å². The maximum Gasteiger partial charge on any atom is 0.354 e. The van der Waals surface area contributed by atoms with Gasteiger partial charge in [0.1, 0.15) is 5.60 Å². The predicted molar refractivity (Wildman–Crippen MR) is 61.3 cm³/mol. The van der Waals surface area contributed by atoms with E-state index in [0.717, 1.165) is 11.1 Å². The third-order valence-electron chi connectivity index (χ3n) is 2.31. The molecule has 94 valence electrons. The molecule has 0 heterocycles. The molecule has 0 fully saturated rings.